The molecule has 0 aliphatic carbocycles. The van der Waals surface area contributed by atoms with Crippen LogP contribution >= 0.6 is 11.6 Å². The number of aromatic nitrogens is 2. The van der Waals surface area contributed by atoms with Crippen molar-refractivity contribution in [1.82, 2.24) is 19.4 Å². The number of nitrogens with zero attached hydrogens (tertiary/aromatic N) is 4. The first-order valence-electron chi connectivity index (χ1n) is 16.6. The standard InChI is InChI=1S/C36H42ClN5O4S/c1-25-39-31-9-5-6-10-32(31)42(25)30-22-28-12-13-29(23-30)41(28)20-17-36(27-7-3-2-4-8-27)15-18-40(19-16-36)35(43)26-11-14-33(46-24-37)34(21-26)47(38,44)45/h2-11,14,21,28-30H,12-13,15-20,22-24H2,1H3,(H2,38,44,45). The summed E-state index contributed by atoms with van der Waals surface area (Å²) < 4.78 is 32.2. The van der Waals surface area contributed by atoms with E-state index in [2.05, 4.69) is 71.0 Å². The number of benzene rings is 3. The minimum atomic E-state index is -4.11. The molecule has 3 fully saturated rings. The summed E-state index contributed by atoms with van der Waals surface area (Å²) in [5.41, 5.74) is 3.87. The van der Waals surface area contributed by atoms with Gasteiger partial charge < -0.3 is 14.2 Å². The van der Waals surface area contributed by atoms with Crippen LogP contribution in [-0.2, 0) is 15.4 Å². The third-order valence-corrected chi connectivity index (χ3v) is 12.0. The Kier molecular flexibility index (Phi) is 8.80. The number of hydrogen-bond acceptors (Lipinski definition) is 6. The molecule has 248 valence electrons. The van der Waals surface area contributed by atoms with Crippen molar-refractivity contribution >= 4 is 38.6 Å². The lowest BCUT2D eigenvalue weighted by Crippen LogP contribution is -2.49. The number of fused-ring (bicyclic) bond motifs is 3. The number of carbonyl (C=O) groups excluding carboxylic acids is 1. The minimum Gasteiger partial charge on any atom is -0.476 e. The fraction of sp³-hybridized carbons (Fsp3) is 0.444. The molecule has 9 nitrogen and oxygen atoms in total. The van der Waals surface area contributed by atoms with E-state index in [1.807, 2.05) is 4.90 Å². The summed E-state index contributed by atoms with van der Waals surface area (Å²) >= 11 is 5.67. The summed E-state index contributed by atoms with van der Waals surface area (Å²) in [7, 11) is -4.11. The monoisotopic (exact) mass is 675 g/mol. The third kappa shape index (κ3) is 6.17. The Morgan fingerprint density at radius 1 is 0.979 bits per heavy atom. The van der Waals surface area contributed by atoms with Crippen LogP contribution in [-0.4, -0.2) is 71.5 Å². The van der Waals surface area contributed by atoms with E-state index in [9.17, 15) is 13.2 Å². The Labute approximate surface area is 281 Å². The normalized spacial score (nSPS) is 22.9. The van der Waals surface area contributed by atoms with E-state index in [-0.39, 0.29) is 33.6 Å². The summed E-state index contributed by atoms with van der Waals surface area (Å²) in [5.74, 6) is 0.928. The Morgan fingerprint density at radius 3 is 2.34 bits per heavy atom. The van der Waals surface area contributed by atoms with Crippen molar-refractivity contribution < 1.29 is 17.9 Å². The lowest BCUT2D eigenvalue weighted by atomic mass is 9.70. The summed E-state index contributed by atoms with van der Waals surface area (Å²) in [6, 6.07) is 24.9. The molecule has 3 aromatic carbocycles. The third-order valence-electron chi connectivity index (χ3n) is 10.9. The highest BCUT2D eigenvalue weighted by molar-refractivity contribution is 7.89. The van der Waals surface area contributed by atoms with Crippen LogP contribution in [0.3, 0.4) is 0 Å². The van der Waals surface area contributed by atoms with Crippen LogP contribution in [0.25, 0.3) is 11.0 Å². The van der Waals surface area contributed by atoms with Crippen molar-refractivity contribution in [2.24, 2.45) is 5.14 Å². The lowest BCUT2D eigenvalue weighted by Gasteiger charge is -2.45. The molecule has 0 spiro atoms. The van der Waals surface area contributed by atoms with Gasteiger partial charge in [0.15, 0.2) is 6.07 Å². The minimum absolute atomic E-state index is 0.0345. The van der Waals surface area contributed by atoms with E-state index in [0.717, 1.165) is 50.0 Å². The zero-order chi connectivity index (χ0) is 32.8. The van der Waals surface area contributed by atoms with Crippen molar-refractivity contribution in [1.29, 1.82) is 0 Å². The van der Waals surface area contributed by atoms with Crippen molar-refractivity contribution in [2.75, 3.05) is 25.7 Å². The first kappa shape index (κ1) is 32.1. The van der Waals surface area contributed by atoms with Crippen molar-refractivity contribution in [3.05, 3.63) is 89.7 Å². The van der Waals surface area contributed by atoms with Gasteiger partial charge in [-0.1, -0.05) is 54.1 Å². The number of carbonyl (C=O) groups is 1. The number of likely N-dealkylation sites (tertiary alicyclic amines) is 1. The highest BCUT2D eigenvalue weighted by Crippen LogP contribution is 2.45. The molecule has 4 heterocycles. The van der Waals surface area contributed by atoms with Crippen molar-refractivity contribution in [3.8, 4) is 5.75 Å². The summed E-state index contributed by atoms with van der Waals surface area (Å²) in [6.07, 6.45) is 7.48. The molecule has 7 rings (SSSR count). The van der Waals surface area contributed by atoms with Crippen LogP contribution in [0.2, 0.25) is 0 Å². The summed E-state index contributed by atoms with van der Waals surface area (Å²) in [5, 5.41) is 5.43. The maximum absolute atomic E-state index is 13.6. The van der Waals surface area contributed by atoms with Gasteiger partial charge >= 0.3 is 0 Å². The van der Waals surface area contributed by atoms with E-state index in [4.69, 9.17) is 26.5 Å². The van der Waals surface area contributed by atoms with Gasteiger partial charge in [0, 0.05) is 36.8 Å². The van der Waals surface area contributed by atoms with Gasteiger partial charge in [0.1, 0.15) is 16.5 Å². The fourth-order valence-electron chi connectivity index (χ4n) is 8.63. The number of ether oxygens (including phenoxy) is 1. The molecule has 1 aromatic heterocycles. The number of hydrogen-bond donors (Lipinski definition) is 1. The first-order valence-corrected chi connectivity index (χ1v) is 18.6. The molecule has 2 atom stereocenters. The van der Waals surface area contributed by atoms with E-state index in [1.54, 1.807) is 6.07 Å². The Balaban J connectivity index is 1.06. The molecule has 0 saturated carbocycles. The first-order chi connectivity index (χ1) is 22.7. The average molecular weight is 676 g/mol. The molecule has 4 aromatic rings. The second kappa shape index (κ2) is 12.9. The Morgan fingerprint density at radius 2 is 1.66 bits per heavy atom. The molecule has 0 radical (unpaired) electrons. The van der Waals surface area contributed by atoms with Gasteiger partial charge in [-0.2, -0.15) is 0 Å². The number of aryl methyl sites for hydroxylation is 1. The number of sulfonamides is 1. The predicted octanol–water partition coefficient (Wildman–Crippen LogP) is 6.00. The number of rotatable bonds is 9. The molecule has 3 aliphatic rings. The second-order valence-corrected chi connectivity index (χ2v) is 15.2. The highest BCUT2D eigenvalue weighted by Gasteiger charge is 2.44. The predicted molar refractivity (Wildman–Crippen MR) is 183 cm³/mol. The van der Waals surface area contributed by atoms with Crippen LogP contribution < -0.4 is 9.88 Å². The van der Waals surface area contributed by atoms with E-state index in [1.165, 1.54) is 36.1 Å². The number of nitrogens with two attached hydrogens (primary N) is 1. The zero-order valence-electron chi connectivity index (χ0n) is 26.7. The van der Waals surface area contributed by atoms with Gasteiger partial charge in [0.2, 0.25) is 10.0 Å². The summed E-state index contributed by atoms with van der Waals surface area (Å²) in [4.78, 5) is 22.9. The van der Waals surface area contributed by atoms with Gasteiger partial charge in [-0.25, -0.2) is 18.5 Å². The zero-order valence-corrected chi connectivity index (χ0v) is 28.3. The molecule has 2 bridgehead atoms. The van der Waals surface area contributed by atoms with E-state index >= 15 is 0 Å². The van der Waals surface area contributed by atoms with Crippen molar-refractivity contribution in [3.63, 3.8) is 0 Å². The summed E-state index contributed by atoms with van der Waals surface area (Å²) in [6.45, 7) is 4.34. The van der Waals surface area contributed by atoms with Crippen LogP contribution in [0.5, 0.6) is 5.75 Å². The second-order valence-electron chi connectivity index (χ2n) is 13.4. The molecular weight excluding hydrogens is 634 g/mol. The molecule has 3 aliphatic heterocycles. The fourth-order valence-corrected chi connectivity index (χ4v) is 9.44. The number of primary sulfonamides is 1. The quantitative estimate of drug-likeness (QED) is 0.218. The number of piperidine rings is 2. The van der Waals surface area contributed by atoms with Gasteiger partial charge in [0.25, 0.3) is 5.91 Å². The SMILES string of the molecule is Cc1nc2ccccc2n1C1CC2CCC(C1)N2CCC1(c2ccccc2)CCN(C(=O)c2ccc(OCCl)c(S(N)(=O)=O)c2)CC1. The maximum Gasteiger partial charge on any atom is 0.253 e. The van der Waals surface area contributed by atoms with Gasteiger partial charge in [0.05, 0.1) is 11.0 Å². The number of amides is 1. The Hall–Kier alpha value is -3.44. The van der Waals surface area contributed by atoms with E-state index < -0.39 is 10.0 Å². The number of halogens is 1. The molecule has 47 heavy (non-hydrogen) atoms. The van der Waals surface area contributed by atoms with Crippen LogP contribution in [0, 0.1) is 6.92 Å². The topological polar surface area (TPSA) is 111 Å². The average Bonchev–Trinajstić information content (AvgIpc) is 3.54. The molecule has 2 unspecified atom stereocenters. The molecule has 11 heteroatoms. The van der Waals surface area contributed by atoms with Gasteiger partial charge in [-0.05, 0) is 99.7 Å². The van der Waals surface area contributed by atoms with Gasteiger partial charge in [-0.15, -0.1) is 0 Å². The highest BCUT2D eigenvalue weighted by atomic mass is 35.5. The maximum atomic E-state index is 13.6. The van der Waals surface area contributed by atoms with Gasteiger partial charge in [-0.3, -0.25) is 9.69 Å². The Bertz CT molecular complexity index is 1860. The van der Waals surface area contributed by atoms with Crippen LogP contribution in [0.1, 0.15) is 72.7 Å². The largest absolute Gasteiger partial charge is 0.476 e. The molecule has 1 amide bonds. The number of para-hydroxylation sites is 2. The lowest BCUT2D eigenvalue weighted by molar-refractivity contribution is 0.0606. The molecular formula is C36H42ClN5O4S. The smallest absolute Gasteiger partial charge is 0.253 e. The van der Waals surface area contributed by atoms with E-state index in [0.29, 0.717) is 31.2 Å². The van der Waals surface area contributed by atoms with Crippen LogP contribution in [0.4, 0.5) is 0 Å². The molecule has 2 N–H and O–H groups in total. The number of imidazole rings is 1. The van der Waals surface area contributed by atoms with Crippen molar-refractivity contribution in [2.45, 2.75) is 80.3 Å². The molecule has 3 saturated heterocycles. The van der Waals surface area contributed by atoms with Crippen LogP contribution in [0.15, 0.2) is 77.7 Å². The number of alkyl halides is 1.